The summed E-state index contributed by atoms with van der Waals surface area (Å²) in [6, 6.07) is 0. The number of aliphatic hydroxyl groups excluding tert-OH is 2. The molecule has 5 atom stereocenters. The van der Waals surface area contributed by atoms with Crippen LogP contribution in [0.25, 0.3) is 0 Å². The van der Waals surface area contributed by atoms with Gasteiger partial charge in [0.15, 0.2) is 0 Å². The molecule has 0 unspecified atom stereocenters. The fourth-order valence-corrected chi connectivity index (χ4v) is 4.24. The lowest BCUT2D eigenvalue weighted by Crippen LogP contribution is -2.17. The van der Waals surface area contributed by atoms with Gasteiger partial charge in [0.25, 0.3) is 0 Å². The zero-order valence-electron chi connectivity index (χ0n) is 16.9. The number of fused-ring (bicyclic) bond motifs is 1. The van der Waals surface area contributed by atoms with Crippen molar-refractivity contribution in [1.82, 2.24) is 5.32 Å². The third kappa shape index (κ3) is 7.64. The predicted molar refractivity (Wildman–Crippen MR) is 108 cm³/mol. The van der Waals surface area contributed by atoms with Crippen molar-refractivity contribution in [3.63, 3.8) is 0 Å². The average molecular weight is 352 g/mol. The molecule has 0 spiro atoms. The Bertz CT molecular complexity index is 405. The summed E-state index contributed by atoms with van der Waals surface area (Å²) < 4.78 is 0. The summed E-state index contributed by atoms with van der Waals surface area (Å²) >= 11 is 0. The number of rotatable bonds is 8. The molecule has 2 aliphatic carbocycles. The van der Waals surface area contributed by atoms with Gasteiger partial charge < -0.3 is 15.5 Å². The Morgan fingerprint density at radius 2 is 1.88 bits per heavy atom. The van der Waals surface area contributed by atoms with Crippen LogP contribution in [0.1, 0.15) is 71.6 Å². The minimum atomic E-state index is -0.339. The molecule has 0 radical (unpaired) electrons. The normalized spacial score (nSPS) is 31.2. The maximum absolute atomic E-state index is 10.3. The summed E-state index contributed by atoms with van der Waals surface area (Å²) in [7, 11) is 3.75. The van der Waals surface area contributed by atoms with E-state index in [0.29, 0.717) is 11.8 Å². The average Bonchev–Trinajstić information content (AvgIpc) is 3.08. The number of hydrogen-bond acceptors (Lipinski definition) is 3. The highest BCUT2D eigenvalue weighted by Gasteiger charge is 2.44. The first-order chi connectivity index (χ1) is 12.1. The Balaban J connectivity index is 0.000000970. The van der Waals surface area contributed by atoms with Gasteiger partial charge in [0.1, 0.15) is 0 Å². The van der Waals surface area contributed by atoms with Gasteiger partial charge in [-0.05, 0) is 58.0 Å². The molecular formula is C22H41NO2. The lowest BCUT2D eigenvalue weighted by molar-refractivity contribution is 0.139. The highest BCUT2D eigenvalue weighted by Crippen LogP contribution is 2.50. The second-order valence-corrected chi connectivity index (χ2v) is 7.81. The molecule has 0 aromatic rings. The van der Waals surface area contributed by atoms with Crippen LogP contribution < -0.4 is 5.32 Å². The van der Waals surface area contributed by atoms with Gasteiger partial charge in [-0.3, -0.25) is 0 Å². The first-order valence-electron chi connectivity index (χ1n) is 10.4. The molecule has 2 saturated carbocycles. The van der Waals surface area contributed by atoms with Crippen molar-refractivity contribution >= 4 is 0 Å². The number of nitrogens with one attached hydrogen (secondary N) is 1. The van der Waals surface area contributed by atoms with Crippen molar-refractivity contribution in [3.8, 4) is 0 Å². The van der Waals surface area contributed by atoms with Crippen LogP contribution >= 0.6 is 0 Å². The molecule has 146 valence electrons. The maximum atomic E-state index is 10.3. The Hall–Kier alpha value is -0.640. The van der Waals surface area contributed by atoms with Crippen molar-refractivity contribution in [2.75, 3.05) is 14.1 Å². The smallest absolute Gasteiger partial charge is 0.0721 e. The van der Waals surface area contributed by atoms with Gasteiger partial charge >= 0.3 is 0 Å². The van der Waals surface area contributed by atoms with Crippen molar-refractivity contribution in [1.29, 1.82) is 0 Å². The molecule has 0 saturated heterocycles. The van der Waals surface area contributed by atoms with E-state index in [1.165, 1.54) is 32.1 Å². The van der Waals surface area contributed by atoms with Gasteiger partial charge in [0, 0.05) is 5.92 Å². The number of allylic oxidation sites excluding steroid dienone is 2. The number of aliphatic hydroxyl groups is 2. The quantitative estimate of drug-likeness (QED) is 0.447. The fourth-order valence-electron chi connectivity index (χ4n) is 4.24. The van der Waals surface area contributed by atoms with E-state index in [1.807, 2.05) is 20.2 Å². The molecule has 25 heavy (non-hydrogen) atoms. The molecule has 0 bridgehead atoms. The first kappa shape index (κ1) is 22.4. The molecule has 2 aliphatic rings. The topological polar surface area (TPSA) is 52.5 Å². The molecule has 3 N–H and O–H groups in total. The summed E-state index contributed by atoms with van der Waals surface area (Å²) in [5.41, 5.74) is 1.60. The molecular weight excluding hydrogens is 310 g/mol. The van der Waals surface area contributed by atoms with Gasteiger partial charge in [-0.25, -0.2) is 0 Å². The summed E-state index contributed by atoms with van der Waals surface area (Å²) in [6.07, 6.45) is 15.9. The van der Waals surface area contributed by atoms with E-state index in [-0.39, 0.29) is 18.1 Å². The predicted octanol–water partition coefficient (Wildman–Crippen LogP) is 4.45. The Labute approximate surface area is 155 Å². The molecule has 0 aromatic carbocycles. The van der Waals surface area contributed by atoms with Crippen LogP contribution in [-0.4, -0.2) is 36.5 Å². The van der Waals surface area contributed by atoms with Gasteiger partial charge in [-0.1, -0.05) is 63.3 Å². The third-order valence-electron chi connectivity index (χ3n) is 5.49. The highest BCUT2D eigenvalue weighted by molar-refractivity contribution is 5.17. The summed E-state index contributed by atoms with van der Waals surface area (Å²) in [4.78, 5) is 0. The molecule has 2 rings (SSSR count). The van der Waals surface area contributed by atoms with Gasteiger partial charge in [-0.15, -0.1) is 0 Å². The summed E-state index contributed by atoms with van der Waals surface area (Å²) in [5, 5.41) is 23.1. The van der Waals surface area contributed by atoms with E-state index in [9.17, 15) is 10.2 Å². The standard InChI is InChI=1S/C20H34O2.C2H7N/c1-3-5-7-9-17(21)10-11-18-19-13-15(8-6-4-2)12-16(19)14-20(18)22;1-3-2/h8,10-11,16-22H,3-7,9,12-14H2,1-2H3;3H,1-2H3/t16-,17-,18+,19-,20+;/m0./s1. The zero-order valence-corrected chi connectivity index (χ0v) is 16.9. The number of unbranched alkanes of at least 4 members (excludes halogenated alkanes) is 3. The lowest BCUT2D eigenvalue weighted by atomic mass is 9.90. The van der Waals surface area contributed by atoms with Crippen molar-refractivity contribution in [2.45, 2.75) is 83.8 Å². The number of hydrogen-bond donors (Lipinski definition) is 3. The fraction of sp³-hybridized carbons (Fsp3) is 0.818. The van der Waals surface area contributed by atoms with Crippen LogP contribution in [-0.2, 0) is 0 Å². The maximum Gasteiger partial charge on any atom is 0.0721 e. The van der Waals surface area contributed by atoms with Crippen LogP contribution in [0, 0.1) is 17.8 Å². The minimum Gasteiger partial charge on any atom is -0.392 e. The molecule has 3 heteroatoms. The van der Waals surface area contributed by atoms with Gasteiger partial charge in [0.05, 0.1) is 12.2 Å². The minimum absolute atomic E-state index is 0.207. The molecule has 0 amide bonds. The second-order valence-electron chi connectivity index (χ2n) is 7.81. The van der Waals surface area contributed by atoms with Crippen LogP contribution in [0.3, 0.4) is 0 Å². The van der Waals surface area contributed by atoms with Crippen LogP contribution in [0.2, 0.25) is 0 Å². The highest BCUT2D eigenvalue weighted by atomic mass is 16.3. The Morgan fingerprint density at radius 3 is 2.52 bits per heavy atom. The van der Waals surface area contributed by atoms with Crippen LogP contribution in [0.15, 0.2) is 23.8 Å². The summed E-state index contributed by atoms with van der Waals surface area (Å²) in [5.74, 6) is 1.50. The van der Waals surface area contributed by atoms with E-state index in [1.54, 1.807) is 5.57 Å². The molecule has 0 aliphatic heterocycles. The monoisotopic (exact) mass is 351 g/mol. The zero-order chi connectivity index (χ0) is 18.7. The lowest BCUT2D eigenvalue weighted by Gasteiger charge is -2.17. The summed E-state index contributed by atoms with van der Waals surface area (Å²) in [6.45, 7) is 4.41. The van der Waals surface area contributed by atoms with Crippen molar-refractivity contribution in [2.24, 2.45) is 17.8 Å². The van der Waals surface area contributed by atoms with Crippen molar-refractivity contribution in [3.05, 3.63) is 23.8 Å². The van der Waals surface area contributed by atoms with E-state index >= 15 is 0 Å². The molecule has 0 heterocycles. The third-order valence-corrected chi connectivity index (χ3v) is 5.49. The van der Waals surface area contributed by atoms with Crippen LogP contribution in [0.4, 0.5) is 0 Å². The Morgan fingerprint density at radius 1 is 1.16 bits per heavy atom. The second kappa shape index (κ2) is 12.7. The molecule has 0 aromatic heterocycles. The largest absolute Gasteiger partial charge is 0.392 e. The van der Waals surface area contributed by atoms with E-state index in [0.717, 1.165) is 25.7 Å². The van der Waals surface area contributed by atoms with E-state index in [4.69, 9.17) is 0 Å². The van der Waals surface area contributed by atoms with Gasteiger partial charge in [0.2, 0.25) is 0 Å². The Kier molecular flexibility index (Phi) is 11.4. The van der Waals surface area contributed by atoms with E-state index in [2.05, 4.69) is 31.3 Å². The first-order valence-corrected chi connectivity index (χ1v) is 10.4. The molecule has 3 nitrogen and oxygen atoms in total. The van der Waals surface area contributed by atoms with Crippen LogP contribution in [0.5, 0.6) is 0 Å². The van der Waals surface area contributed by atoms with E-state index < -0.39 is 0 Å². The SMILES string of the molecule is CCCC=C1C[C@H]2C[C@@H](O)[C@H](C=C[C@@H](O)CCCCC)[C@H]2C1.CNC. The van der Waals surface area contributed by atoms with Crippen molar-refractivity contribution < 1.29 is 10.2 Å². The molecule has 2 fully saturated rings. The van der Waals surface area contributed by atoms with Gasteiger partial charge in [-0.2, -0.15) is 0 Å².